The molecule has 0 atom stereocenters. The second kappa shape index (κ2) is 6.67. The molecule has 0 aliphatic carbocycles. The van der Waals surface area contributed by atoms with Gasteiger partial charge in [0.1, 0.15) is 5.75 Å². The Morgan fingerprint density at radius 3 is 2.62 bits per heavy atom. The maximum Gasteiger partial charge on any atom is 0.387 e. The van der Waals surface area contributed by atoms with E-state index in [1.807, 2.05) is 13.0 Å². The molecule has 0 aliphatic heterocycles. The molecule has 1 amide bonds. The molecule has 2 rings (SSSR count). The summed E-state index contributed by atoms with van der Waals surface area (Å²) in [4.78, 5) is 12.2. The summed E-state index contributed by atoms with van der Waals surface area (Å²) in [6.07, 6.45) is 0. The maximum atomic E-state index is 12.3. The average molecular weight is 356 g/mol. The van der Waals surface area contributed by atoms with Crippen molar-refractivity contribution in [3.05, 3.63) is 58.1 Å². The fourth-order valence-corrected chi connectivity index (χ4v) is 2.10. The number of hydrogen-bond donors (Lipinski definition) is 1. The molecular weight excluding hydrogens is 344 g/mol. The molecule has 0 aliphatic rings. The quantitative estimate of drug-likeness (QED) is 0.869. The first kappa shape index (κ1) is 15.4. The Morgan fingerprint density at radius 2 is 1.95 bits per heavy atom. The van der Waals surface area contributed by atoms with Crippen molar-refractivity contribution in [3.63, 3.8) is 0 Å². The molecule has 2 aromatic carbocycles. The minimum Gasteiger partial charge on any atom is -0.434 e. The molecule has 6 heteroatoms. The summed E-state index contributed by atoms with van der Waals surface area (Å²) >= 11 is 3.36. The third-order valence-corrected chi connectivity index (χ3v) is 3.63. The van der Waals surface area contributed by atoms with Crippen LogP contribution in [0.4, 0.5) is 14.5 Å². The molecule has 0 aromatic heterocycles. The van der Waals surface area contributed by atoms with Gasteiger partial charge in [0.15, 0.2) is 0 Å². The molecule has 0 fully saturated rings. The van der Waals surface area contributed by atoms with Crippen molar-refractivity contribution in [1.82, 2.24) is 0 Å². The van der Waals surface area contributed by atoms with Gasteiger partial charge in [-0.2, -0.15) is 8.78 Å². The lowest BCUT2D eigenvalue weighted by atomic mass is 10.1. The molecule has 0 saturated carbocycles. The smallest absolute Gasteiger partial charge is 0.387 e. The molecule has 1 N–H and O–H groups in total. The number of alkyl halides is 2. The van der Waals surface area contributed by atoms with E-state index in [9.17, 15) is 13.6 Å². The van der Waals surface area contributed by atoms with Gasteiger partial charge >= 0.3 is 6.61 Å². The van der Waals surface area contributed by atoms with Crippen LogP contribution in [0.2, 0.25) is 0 Å². The number of benzene rings is 2. The number of carbonyl (C=O) groups excluding carboxylic acids is 1. The summed E-state index contributed by atoms with van der Waals surface area (Å²) in [6.45, 7) is -1.06. The van der Waals surface area contributed by atoms with E-state index in [0.717, 1.165) is 10.0 Å². The van der Waals surface area contributed by atoms with Gasteiger partial charge in [0.2, 0.25) is 0 Å². The van der Waals surface area contributed by atoms with Crippen molar-refractivity contribution >= 4 is 27.5 Å². The van der Waals surface area contributed by atoms with Crippen molar-refractivity contribution in [2.75, 3.05) is 5.32 Å². The Labute approximate surface area is 129 Å². The third kappa shape index (κ3) is 4.01. The molecule has 3 nitrogen and oxygen atoms in total. The van der Waals surface area contributed by atoms with E-state index in [0.29, 0.717) is 5.69 Å². The van der Waals surface area contributed by atoms with Crippen LogP contribution in [0.3, 0.4) is 0 Å². The van der Waals surface area contributed by atoms with Crippen molar-refractivity contribution in [3.8, 4) is 5.75 Å². The number of anilines is 1. The van der Waals surface area contributed by atoms with Crippen LogP contribution in [0.15, 0.2) is 46.9 Å². The van der Waals surface area contributed by atoms with E-state index >= 15 is 0 Å². The molecular formula is C15H12BrF2NO2. The minimum atomic E-state index is -2.98. The molecule has 21 heavy (non-hydrogen) atoms. The second-order valence-electron chi connectivity index (χ2n) is 4.29. The monoisotopic (exact) mass is 355 g/mol. The highest BCUT2D eigenvalue weighted by Crippen LogP contribution is 2.24. The first-order valence-electron chi connectivity index (χ1n) is 6.08. The summed E-state index contributed by atoms with van der Waals surface area (Å²) in [5, 5.41) is 2.65. The number of para-hydroxylation sites is 1. The van der Waals surface area contributed by atoms with Gasteiger partial charge in [-0.15, -0.1) is 0 Å². The molecule has 0 radical (unpaired) electrons. The fourth-order valence-electron chi connectivity index (χ4n) is 1.72. The largest absolute Gasteiger partial charge is 0.434 e. The number of rotatable bonds is 4. The molecule has 0 spiro atoms. The zero-order valence-electron chi connectivity index (χ0n) is 11.1. The van der Waals surface area contributed by atoms with E-state index < -0.39 is 12.5 Å². The Hall–Kier alpha value is -1.95. The lowest BCUT2D eigenvalue weighted by Gasteiger charge is -2.11. The van der Waals surface area contributed by atoms with Gasteiger partial charge in [0.05, 0.1) is 5.56 Å². The Bertz CT molecular complexity index is 662. The van der Waals surface area contributed by atoms with Crippen molar-refractivity contribution < 1.29 is 18.3 Å². The average Bonchev–Trinajstić information content (AvgIpc) is 2.43. The van der Waals surface area contributed by atoms with E-state index in [2.05, 4.69) is 26.0 Å². The van der Waals surface area contributed by atoms with Crippen LogP contribution in [0.5, 0.6) is 5.75 Å². The molecule has 0 bridgehead atoms. The molecule has 0 unspecified atom stereocenters. The first-order chi connectivity index (χ1) is 9.97. The van der Waals surface area contributed by atoms with Crippen molar-refractivity contribution in [1.29, 1.82) is 0 Å². The Morgan fingerprint density at radius 1 is 1.24 bits per heavy atom. The van der Waals surface area contributed by atoms with E-state index in [-0.39, 0.29) is 11.3 Å². The summed E-state index contributed by atoms with van der Waals surface area (Å²) < 4.78 is 29.8. The van der Waals surface area contributed by atoms with E-state index in [1.54, 1.807) is 18.2 Å². The maximum absolute atomic E-state index is 12.3. The third-order valence-electron chi connectivity index (χ3n) is 2.78. The normalized spacial score (nSPS) is 10.5. The van der Waals surface area contributed by atoms with Crippen LogP contribution in [0, 0.1) is 6.92 Å². The highest BCUT2D eigenvalue weighted by molar-refractivity contribution is 9.10. The number of amides is 1. The number of aryl methyl sites for hydroxylation is 1. The summed E-state index contributed by atoms with van der Waals surface area (Å²) in [5.41, 5.74) is 1.63. The Balaban J connectivity index is 2.22. The van der Waals surface area contributed by atoms with Crippen LogP contribution < -0.4 is 10.1 Å². The van der Waals surface area contributed by atoms with Crippen LogP contribution >= 0.6 is 15.9 Å². The number of halogens is 3. The number of carbonyl (C=O) groups is 1. The predicted molar refractivity (Wildman–Crippen MR) is 79.9 cm³/mol. The van der Waals surface area contributed by atoms with Gasteiger partial charge in [-0.25, -0.2) is 0 Å². The zero-order valence-corrected chi connectivity index (χ0v) is 12.7. The van der Waals surface area contributed by atoms with Crippen LogP contribution in [0.1, 0.15) is 15.9 Å². The van der Waals surface area contributed by atoms with Crippen LogP contribution in [0.25, 0.3) is 0 Å². The fraction of sp³-hybridized carbons (Fsp3) is 0.133. The molecule has 0 heterocycles. The highest BCUT2D eigenvalue weighted by Gasteiger charge is 2.15. The SMILES string of the molecule is Cc1ccc(NC(=O)c2ccccc2OC(F)F)cc1Br. The van der Waals surface area contributed by atoms with Gasteiger partial charge in [0.25, 0.3) is 5.91 Å². The van der Waals surface area contributed by atoms with E-state index in [4.69, 9.17) is 0 Å². The van der Waals surface area contributed by atoms with Gasteiger partial charge < -0.3 is 10.1 Å². The zero-order chi connectivity index (χ0) is 15.4. The second-order valence-corrected chi connectivity index (χ2v) is 5.15. The summed E-state index contributed by atoms with van der Waals surface area (Å²) in [7, 11) is 0. The van der Waals surface area contributed by atoms with Crippen molar-refractivity contribution in [2.24, 2.45) is 0 Å². The first-order valence-corrected chi connectivity index (χ1v) is 6.88. The van der Waals surface area contributed by atoms with Gasteiger partial charge in [-0.1, -0.05) is 34.1 Å². The molecule has 2 aromatic rings. The van der Waals surface area contributed by atoms with Crippen molar-refractivity contribution in [2.45, 2.75) is 13.5 Å². The Kier molecular flexibility index (Phi) is 4.90. The topological polar surface area (TPSA) is 38.3 Å². The summed E-state index contributed by atoms with van der Waals surface area (Å²) in [6, 6.07) is 11.2. The number of nitrogens with one attached hydrogen (secondary N) is 1. The predicted octanol–water partition coefficient (Wildman–Crippen LogP) is 4.61. The number of hydrogen-bond acceptors (Lipinski definition) is 2. The highest BCUT2D eigenvalue weighted by atomic mass is 79.9. The van der Waals surface area contributed by atoms with Gasteiger partial charge in [0, 0.05) is 10.2 Å². The summed E-state index contributed by atoms with van der Waals surface area (Å²) in [5.74, 6) is -0.668. The molecule has 0 saturated heterocycles. The minimum absolute atomic E-state index is 0.0505. The molecule has 110 valence electrons. The van der Waals surface area contributed by atoms with Gasteiger partial charge in [-0.05, 0) is 36.8 Å². The van der Waals surface area contributed by atoms with E-state index in [1.165, 1.54) is 18.2 Å². The van der Waals surface area contributed by atoms with Crippen LogP contribution in [-0.4, -0.2) is 12.5 Å². The van der Waals surface area contributed by atoms with Crippen LogP contribution in [-0.2, 0) is 0 Å². The number of ether oxygens (including phenoxy) is 1. The lowest BCUT2D eigenvalue weighted by Crippen LogP contribution is -2.15. The standard InChI is InChI=1S/C15H12BrF2NO2/c1-9-6-7-10(8-12(9)16)19-14(20)11-4-2-3-5-13(11)21-15(17)18/h2-8,15H,1H3,(H,19,20). The van der Waals surface area contributed by atoms with Gasteiger partial charge in [-0.3, -0.25) is 4.79 Å². The lowest BCUT2D eigenvalue weighted by molar-refractivity contribution is -0.0501.